The third kappa shape index (κ3) is 3.97. The van der Waals surface area contributed by atoms with Crippen LogP contribution in [0.2, 0.25) is 0 Å². The summed E-state index contributed by atoms with van der Waals surface area (Å²) in [7, 11) is -3.44. The van der Waals surface area contributed by atoms with Crippen molar-refractivity contribution in [2.75, 3.05) is 19.4 Å². The number of piperidine rings is 1. The van der Waals surface area contributed by atoms with E-state index in [1.807, 2.05) is 6.92 Å². The van der Waals surface area contributed by atoms with E-state index in [1.165, 1.54) is 4.90 Å². The van der Waals surface area contributed by atoms with E-state index in [1.54, 1.807) is 0 Å². The Kier molecular flexibility index (Phi) is 4.15. The minimum atomic E-state index is -3.44. The van der Waals surface area contributed by atoms with Crippen LogP contribution in [0.25, 0.3) is 0 Å². The van der Waals surface area contributed by atoms with Gasteiger partial charge in [0, 0.05) is 18.5 Å². The fourth-order valence-electron chi connectivity index (χ4n) is 1.80. The number of likely N-dealkylation sites (tertiary alicyclic amines) is 1. The van der Waals surface area contributed by atoms with Crippen LogP contribution in [0, 0.1) is 5.92 Å². The first-order valence-electron chi connectivity index (χ1n) is 5.13. The number of carbonyl (C=O) groups is 1. The van der Waals surface area contributed by atoms with Crippen LogP contribution in [0.1, 0.15) is 19.8 Å². The Bertz CT molecular complexity index is 353. The topological polar surface area (TPSA) is 83.9 Å². The van der Waals surface area contributed by atoms with Crippen molar-refractivity contribution in [1.82, 2.24) is 4.90 Å². The van der Waals surface area contributed by atoms with Crippen molar-refractivity contribution >= 4 is 16.2 Å². The molecule has 1 aliphatic heterocycles. The fourth-order valence-corrected chi connectivity index (χ4v) is 2.24. The molecule has 0 radical (unpaired) electrons. The lowest BCUT2D eigenvalue weighted by Crippen LogP contribution is -2.45. The molecule has 1 saturated heterocycles. The van der Waals surface area contributed by atoms with Crippen LogP contribution >= 0.6 is 0 Å². The molecule has 1 aliphatic rings. The molecule has 0 aromatic carbocycles. The van der Waals surface area contributed by atoms with Gasteiger partial charge in [0.1, 0.15) is 0 Å². The van der Waals surface area contributed by atoms with Crippen molar-refractivity contribution in [3.05, 3.63) is 0 Å². The van der Waals surface area contributed by atoms with Gasteiger partial charge in [-0.2, -0.15) is 8.42 Å². The lowest BCUT2D eigenvalue weighted by molar-refractivity contribution is 0.0793. The normalized spacial score (nSPS) is 26.8. The Labute approximate surface area is 95.3 Å². The molecule has 16 heavy (non-hydrogen) atoms. The average Bonchev–Trinajstić information content (AvgIpc) is 2.14. The Hall–Kier alpha value is -0.820. The SMILES string of the molecule is CC1CCC(COS(C)(=O)=O)CN1C(=O)O. The lowest BCUT2D eigenvalue weighted by atomic mass is 9.95. The Morgan fingerprint density at radius 1 is 1.50 bits per heavy atom. The number of nitrogens with zero attached hydrogens (tertiary/aromatic N) is 1. The second-order valence-corrected chi connectivity index (χ2v) is 5.86. The van der Waals surface area contributed by atoms with Gasteiger partial charge in [0.15, 0.2) is 0 Å². The summed E-state index contributed by atoms with van der Waals surface area (Å²) < 4.78 is 26.3. The second kappa shape index (κ2) is 5.01. The second-order valence-electron chi connectivity index (χ2n) is 4.22. The molecule has 7 heteroatoms. The van der Waals surface area contributed by atoms with Crippen LogP contribution in [0.4, 0.5) is 4.79 Å². The number of carboxylic acid groups (broad SMARTS) is 1. The molecule has 2 unspecified atom stereocenters. The summed E-state index contributed by atoms with van der Waals surface area (Å²) in [4.78, 5) is 12.2. The average molecular weight is 251 g/mol. The maximum atomic E-state index is 10.9. The largest absolute Gasteiger partial charge is 0.465 e. The first-order chi connectivity index (χ1) is 7.29. The number of hydrogen-bond donors (Lipinski definition) is 1. The Balaban J connectivity index is 2.49. The predicted octanol–water partition coefficient (Wildman–Crippen LogP) is 0.741. The molecule has 1 N–H and O–H groups in total. The monoisotopic (exact) mass is 251 g/mol. The molecular formula is C9H17NO5S. The molecule has 0 saturated carbocycles. The van der Waals surface area contributed by atoms with E-state index in [0.717, 1.165) is 19.1 Å². The predicted molar refractivity (Wildman–Crippen MR) is 57.7 cm³/mol. The summed E-state index contributed by atoms with van der Waals surface area (Å²) in [5.41, 5.74) is 0. The zero-order valence-electron chi connectivity index (χ0n) is 9.42. The van der Waals surface area contributed by atoms with E-state index in [4.69, 9.17) is 5.11 Å². The molecule has 0 spiro atoms. The van der Waals surface area contributed by atoms with Crippen LogP contribution < -0.4 is 0 Å². The molecule has 1 rings (SSSR count). The van der Waals surface area contributed by atoms with Crippen molar-refractivity contribution in [2.45, 2.75) is 25.8 Å². The summed E-state index contributed by atoms with van der Waals surface area (Å²) in [5, 5.41) is 8.92. The number of rotatable bonds is 3. The zero-order valence-corrected chi connectivity index (χ0v) is 10.2. The maximum absolute atomic E-state index is 10.9. The molecular weight excluding hydrogens is 234 g/mol. The first kappa shape index (κ1) is 13.2. The van der Waals surface area contributed by atoms with Crippen LogP contribution in [0.15, 0.2) is 0 Å². The molecule has 1 heterocycles. The van der Waals surface area contributed by atoms with Gasteiger partial charge in [0.05, 0.1) is 12.9 Å². The smallest absolute Gasteiger partial charge is 0.407 e. The van der Waals surface area contributed by atoms with Crippen molar-refractivity contribution in [3.63, 3.8) is 0 Å². The summed E-state index contributed by atoms with van der Waals surface area (Å²) in [6, 6.07) is -0.00742. The molecule has 94 valence electrons. The van der Waals surface area contributed by atoms with Gasteiger partial charge < -0.3 is 10.0 Å². The number of hydrogen-bond acceptors (Lipinski definition) is 4. The number of amides is 1. The van der Waals surface area contributed by atoms with E-state index >= 15 is 0 Å². The fraction of sp³-hybridized carbons (Fsp3) is 0.889. The third-order valence-corrected chi connectivity index (χ3v) is 3.31. The molecule has 2 atom stereocenters. The summed E-state index contributed by atoms with van der Waals surface area (Å²) >= 11 is 0. The molecule has 0 bridgehead atoms. The van der Waals surface area contributed by atoms with Gasteiger partial charge in [-0.3, -0.25) is 4.18 Å². The van der Waals surface area contributed by atoms with Crippen molar-refractivity contribution in [2.24, 2.45) is 5.92 Å². The minimum Gasteiger partial charge on any atom is -0.465 e. The molecule has 1 amide bonds. The Morgan fingerprint density at radius 2 is 2.12 bits per heavy atom. The van der Waals surface area contributed by atoms with Gasteiger partial charge in [-0.15, -0.1) is 0 Å². The van der Waals surface area contributed by atoms with E-state index in [9.17, 15) is 13.2 Å². The molecule has 0 aliphatic carbocycles. The van der Waals surface area contributed by atoms with Crippen LogP contribution in [-0.4, -0.2) is 50.0 Å². The minimum absolute atomic E-state index is 0.00742. The highest BCUT2D eigenvalue weighted by molar-refractivity contribution is 7.85. The van der Waals surface area contributed by atoms with E-state index in [-0.39, 0.29) is 18.6 Å². The molecule has 0 aromatic rings. The van der Waals surface area contributed by atoms with E-state index < -0.39 is 16.2 Å². The van der Waals surface area contributed by atoms with Gasteiger partial charge in [0.25, 0.3) is 10.1 Å². The highest BCUT2D eigenvalue weighted by atomic mass is 32.2. The van der Waals surface area contributed by atoms with Gasteiger partial charge in [-0.25, -0.2) is 4.79 Å². The van der Waals surface area contributed by atoms with Crippen LogP contribution in [0.3, 0.4) is 0 Å². The maximum Gasteiger partial charge on any atom is 0.407 e. The standard InChI is InChI=1S/C9H17NO5S/c1-7-3-4-8(5-10(7)9(11)12)6-15-16(2,13)14/h7-8H,3-6H2,1-2H3,(H,11,12). The van der Waals surface area contributed by atoms with E-state index in [0.29, 0.717) is 6.54 Å². The molecule has 1 fully saturated rings. The van der Waals surface area contributed by atoms with Crippen LogP contribution in [-0.2, 0) is 14.3 Å². The summed E-state index contributed by atoms with van der Waals surface area (Å²) in [6.45, 7) is 2.25. The summed E-state index contributed by atoms with van der Waals surface area (Å²) in [6.07, 6.45) is 1.56. The van der Waals surface area contributed by atoms with Crippen molar-refractivity contribution < 1.29 is 22.5 Å². The van der Waals surface area contributed by atoms with Gasteiger partial charge in [0.2, 0.25) is 0 Å². The van der Waals surface area contributed by atoms with Gasteiger partial charge in [-0.1, -0.05) is 0 Å². The molecule has 6 nitrogen and oxygen atoms in total. The third-order valence-electron chi connectivity index (χ3n) is 2.74. The highest BCUT2D eigenvalue weighted by Gasteiger charge is 2.29. The molecule has 0 aromatic heterocycles. The summed E-state index contributed by atoms with van der Waals surface area (Å²) in [5.74, 6) is -0.0398. The Morgan fingerprint density at radius 3 is 2.62 bits per heavy atom. The quantitative estimate of drug-likeness (QED) is 0.748. The van der Waals surface area contributed by atoms with Gasteiger partial charge >= 0.3 is 6.09 Å². The lowest BCUT2D eigenvalue weighted by Gasteiger charge is -2.35. The van der Waals surface area contributed by atoms with Gasteiger partial charge in [-0.05, 0) is 19.8 Å². The highest BCUT2D eigenvalue weighted by Crippen LogP contribution is 2.22. The van der Waals surface area contributed by atoms with Crippen LogP contribution in [0.5, 0.6) is 0 Å². The van der Waals surface area contributed by atoms with Crippen molar-refractivity contribution in [1.29, 1.82) is 0 Å². The first-order valence-corrected chi connectivity index (χ1v) is 6.95. The van der Waals surface area contributed by atoms with Crippen molar-refractivity contribution in [3.8, 4) is 0 Å². The van der Waals surface area contributed by atoms with E-state index in [2.05, 4.69) is 4.18 Å². The zero-order chi connectivity index (χ0) is 12.3.